The third kappa shape index (κ3) is 3.57. The number of pyridine rings is 1. The first-order valence-corrected chi connectivity index (χ1v) is 6.80. The minimum Gasteiger partial charge on any atom is -0.369 e. The number of hydrogen-bond donors (Lipinski definition) is 0. The summed E-state index contributed by atoms with van der Waals surface area (Å²) in [5.74, 6) is -0.271. The number of carbonyl (C=O) groups is 1. The van der Waals surface area contributed by atoms with Crippen molar-refractivity contribution in [1.82, 2.24) is 4.98 Å². The quantitative estimate of drug-likeness (QED) is 0.616. The molecule has 0 aliphatic carbocycles. The SMILES string of the molecule is Cc1cnc(Cl)c(C(=O)COCc2ccccc2)c1Cl. The molecule has 0 atom stereocenters. The molecule has 0 unspecified atom stereocenters. The third-order valence-corrected chi connectivity index (χ3v) is 3.54. The van der Waals surface area contributed by atoms with E-state index >= 15 is 0 Å². The number of aromatic nitrogens is 1. The number of ether oxygens (including phenoxy) is 1. The fourth-order valence-electron chi connectivity index (χ4n) is 1.71. The average molecular weight is 310 g/mol. The number of Topliss-reactive ketones (excluding diaryl/α,β-unsaturated/α-hetero) is 1. The molecule has 0 saturated carbocycles. The van der Waals surface area contributed by atoms with E-state index in [2.05, 4.69) is 4.98 Å². The van der Waals surface area contributed by atoms with Crippen LogP contribution in [0.15, 0.2) is 36.5 Å². The molecule has 0 saturated heterocycles. The van der Waals surface area contributed by atoms with Gasteiger partial charge in [-0.3, -0.25) is 4.79 Å². The van der Waals surface area contributed by atoms with Crippen molar-refractivity contribution in [2.24, 2.45) is 0 Å². The number of aryl methyl sites for hydroxylation is 1. The normalized spacial score (nSPS) is 10.6. The molecule has 0 bridgehead atoms. The molecule has 0 radical (unpaired) electrons. The van der Waals surface area contributed by atoms with Gasteiger partial charge in [-0.25, -0.2) is 4.98 Å². The zero-order valence-electron chi connectivity index (χ0n) is 10.9. The molecule has 1 aromatic carbocycles. The van der Waals surface area contributed by atoms with Crippen molar-refractivity contribution >= 4 is 29.0 Å². The Labute approximate surface area is 127 Å². The van der Waals surface area contributed by atoms with Crippen LogP contribution in [0.25, 0.3) is 0 Å². The van der Waals surface area contributed by atoms with Crippen LogP contribution in [-0.2, 0) is 11.3 Å². The van der Waals surface area contributed by atoms with Crippen molar-refractivity contribution in [3.8, 4) is 0 Å². The van der Waals surface area contributed by atoms with Crippen LogP contribution in [0.4, 0.5) is 0 Å². The first kappa shape index (κ1) is 15.0. The highest BCUT2D eigenvalue weighted by Gasteiger charge is 2.17. The topological polar surface area (TPSA) is 39.2 Å². The molecule has 0 fully saturated rings. The van der Waals surface area contributed by atoms with Gasteiger partial charge in [0.25, 0.3) is 0 Å². The molecule has 104 valence electrons. The number of benzene rings is 1. The Hall–Kier alpha value is -1.42. The average Bonchev–Trinajstić information content (AvgIpc) is 2.44. The Balaban J connectivity index is 2.01. The summed E-state index contributed by atoms with van der Waals surface area (Å²) in [6.07, 6.45) is 1.53. The summed E-state index contributed by atoms with van der Waals surface area (Å²) < 4.78 is 5.39. The molecule has 1 aromatic heterocycles. The molecular formula is C15H13Cl2NO2. The number of carbonyl (C=O) groups excluding carboxylic acids is 1. The smallest absolute Gasteiger partial charge is 0.193 e. The summed E-state index contributed by atoms with van der Waals surface area (Å²) in [4.78, 5) is 16.0. The largest absolute Gasteiger partial charge is 0.369 e. The van der Waals surface area contributed by atoms with E-state index in [1.165, 1.54) is 6.20 Å². The number of rotatable bonds is 5. The summed E-state index contributed by atoms with van der Waals surface area (Å²) in [5, 5.41) is 0.437. The van der Waals surface area contributed by atoms with Gasteiger partial charge in [0.05, 0.1) is 17.2 Å². The molecule has 0 amide bonds. The zero-order chi connectivity index (χ0) is 14.5. The molecule has 2 aromatic rings. The van der Waals surface area contributed by atoms with Crippen molar-refractivity contribution in [3.05, 3.63) is 63.4 Å². The number of nitrogens with zero attached hydrogens (tertiary/aromatic N) is 1. The molecule has 20 heavy (non-hydrogen) atoms. The Morgan fingerprint density at radius 3 is 2.65 bits per heavy atom. The minimum absolute atomic E-state index is 0.0839. The molecule has 3 nitrogen and oxygen atoms in total. The van der Waals surface area contributed by atoms with E-state index in [0.29, 0.717) is 17.2 Å². The zero-order valence-corrected chi connectivity index (χ0v) is 12.4. The lowest BCUT2D eigenvalue weighted by Crippen LogP contribution is -2.11. The van der Waals surface area contributed by atoms with Gasteiger partial charge >= 0.3 is 0 Å². The Morgan fingerprint density at radius 2 is 1.95 bits per heavy atom. The molecule has 1 heterocycles. The molecule has 2 rings (SSSR count). The van der Waals surface area contributed by atoms with Crippen LogP contribution in [0.1, 0.15) is 21.5 Å². The molecule has 0 N–H and O–H groups in total. The highest BCUT2D eigenvalue weighted by molar-refractivity contribution is 6.39. The van der Waals surface area contributed by atoms with Gasteiger partial charge < -0.3 is 4.74 Å². The number of halogens is 2. The lowest BCUT2D eigenvalue weighted by atomic mass is 10.1. The predicted octanol–water partition coefficient (Wildman–Crippen LogP) is 4.10. The fraction of sp³-hybridized carbons (Fsp3) is 0.200. The summed E-state index contributed by atoms with van der Waals surface area (Å²) in [5.41, 5.74) is 1.93. The highest BCUT2D eigenvalue weighted by Crippen LogP contribution is 2.26. The lowest BCUT2D eigenvalue weighted by molar-refractivity contribution is 0.0726. The van der Waals surface area contributed by atoms with Crippen LogP contribution in [0.5, 0.6) is 0 Å². The predicted molar refractivity (Wildman–Crippen MR) is 79.4 cm³/mol. The van der Waals surface area contributed by atoms with E-state index in [-0.39, 0.29) is 23.1 Å². The lowest BCUT2D eigenvalue weighted by Gasteiger charge is -2.08. The maximum absolute atomic E-state index is 12.1. The first-order valence-electron chi connectivity index (χ1n) is 6.05. The van der Waals surface area contributed by atoms with Crippen molar-refractivity contribution in [2.75, 3.05) is 6.61 Å². The van der Waals surface area contributed by atoms with Crippen LogP contribution in [-0.4, -0.2) is 17.4 Å². The van der Waals surface area contributed by atoms with E-state index in [4.69, 9.17) is 27.9 Å². The first-order chi connectivity index (χ1) is 9.59. The monoisotopic (exact) mass is 309 g/mol. The van der Waals surface area contributed by atoms with Crippen molar-refractivity contribution in [1.29, 1.82) is 0 Å². The molecular weight excluding hydrogens is 297 g/mol. The summed E-state index contributed by atoms with van der Waals surface area (Å²) >= 11 is 12.0. The Kier molecular flexibility index (Phi) is 5.12. The van der Waals surface area contributed by atoms with Gasteiger partial charge in [0.2, 0.25) is 0 Å². The molecule has 5 heteroatoms. The second kappa shape index (κ2) is 6.84. The second-order valence-electron chi connectivity index (χ2n) is 4.32. The fourth-order valence-corrected chi connectivity index (χ4v) is 2.25. The van der Waals surface area contributed by atoms with Gasteiger partial charge in [0, 0.05) is 6.20 Å². The Morgan fingerprint density at radius 1 is 1.25 bits per heavy atom. The van der Waals surface area contributed by atoms with Crippen molar-refractivity contribution in [3.63, 3.8) is 0 Å². The van der Waals surface area contributed by atoms with E-state index in [9.17, 15) is 4.79 Å². The van der Waals surface area contributed by atoms with E-state index in [0.717, 1.165) is 5.56 Å². The van der Waals surface area contributed by atoms with Crippen LogP contribution in [0.3, 0.4) is 0 Å². The Bertz CT molecular complexity index is 615. The molecule has 0 spiro atoms. The summed E-state index contributed by atoms with van der Waals surface area (Å²) in [6.45, 7) is 2.05. The number of ketones is 1. The third-order valence-electron chi connectivity index (χ3n) is 2.77. The summed E-state index contributed by atoms with van der Waals surface area (Å²) in [7, 11) is 0. The maximum atomic E-state index is 12.1. The van der Waals surface area contributed by atoms with Crippen molar-refractivity contribution in [2.45, 2.75) is 13.5 Å². The maximum Gasteiger partial charge on any atom is 0.193 e. The number of hydrogen-bond acceptors (Lipinski definition) is 3. The minimum atomic E-state index is -0.271. The van der Waals surface area contributed by atoms with Gasteiger partial charge in [0.1, 0.15) is 11.8 Å². The van der Waals surface area contributed by atoms with Crippen LogP contribution in [0, 0.1) is 6.92 Å². The molecule has 0 aliphatic rings. The summed E-state index contributed by atoms with van der Waals surface area (Å²) in [6, 6.07) is 9.61. The van der Waals surface area contributed by atoms with Crippen molar-refractivity contribution < 1.29 is 9.53 Å². The van der Waals surface area contributed by atoms with Gasteiger partial charge in [0.15, 0.2) is 5.78 Å². The van der Waals surface area contributed by atoms with Gasteiger partial charge in [-0.1, -0.05) is 53.5 Å². The van der Waals surface area contributed by atoms with E-state index < -0.39 is 0 Å². The standard InChI is InChI=1S/C15H13Cl2NO2/c1-10-7-18-15(17)13(14(10)16)12(19)9-20-8-11-5-3-2-4-6-11/h2-7H,8-9H2,1H3. The van der Waals surface area contributed by atoms with Gasteiger partial charge in [-0.15, -0.1) is 0 Å². The van der Waals surface area contributed by atoms with Crippen LogP contribution < -0.4 is 0 Å². The molecule has 0 aliphatic heterocycles. The van der Waals surface area contributed by atoms with Crippen LogP contribution >= 0.6 is 23.2 Å². The second-order valence-corrected chi connectivity index (χ2v) is 5.06. The van der Waals surface area contributed by atoms with Gasteiger partial charge in [-0.2, -0.15) is 0 Å². The van der Waals surface area contributed by atoms with Gasteiger partial charge in [-0.05, 0) is 18.1 Å². The van der Waals surface area contributed by atoms with E-state index in [1.54, 1.807) is 6.92 Å². The van der Waals surface area contributed by atoms with E-state index in [1.807, 2.05) is 30.3 Å². The highest BCUT2D eigenvalue weighted by atomic mass is 35.5. The van der Waals surface area contributed by atoms with Crippen LogP contribution in [0.2, 0.25) is 10.2 Å².